The van der Waals surface area contributed by atoms with E-state index in [2.05, 4.69) is 14.7 Å². The third-order valence-electron chi connectivity index (χ3n) is 11.2. The number of carbonyl (C=O) groups is 1. The molecule has 2 fully saturated rings. The second-order valence-corrected chi connectivity index (χ2v) is 16.8. The number of nitrogens with one attached hydrogen (secondary N) is 1. The lowest BCUT2D eigenvalue weighted by atomic mass is 9.51. The second-order valence-electron chi connectivity index (χ2n) is 15.1. The molecule has 1 spiro atoms. The molecule has 3 aliphatic rings. The van der Waals surface area contributed by atoms with E-state index in [1.54, 1.807) is 24.0 Å². The third-order valence-corrected chi connectivity index (χ3v) is 12.6. The largest absolute Gasteiger partial charge is 0.477 e. The van der Waals surface area contributed by atoms with Gasteiger partial charge in [0.1, 0.15) is 0 Å². The summed E-state index contributed by atoms with van der Waals surface area (Å²) in [4.78, 5) is 22.9. The van der Waals surface area contributed by atoms with Crippen molar-refractivity contribution in [2.24, 2.45) is 22.7 Å². The fourth-order valence-corrected chi connectivity index (χ4v) is 9.36. The van der Waals surface area contributed by atoms with Crippen molar-refractivity contribution < 1.29 is 35.9 Å². The van der Waals surface area contributed by atoms with Gasteiger partial charge in [0.05, 0.1) is 29.7 Å². The lowest BCUT2D eigenvalue weighted by Gasteiger charge is -2.55. The van der Waals surface area contributed by atoms with Gasteiger partial charge in [-0.3, -0.25) is 0 Å². The molecule has 50 heavy (non-hydrogen) atoms. The van der Waals surface area contributed by atoms with E-state index in [0.29, 0.717) is 29.9 Å². The summed E-state index contributed by atoms with van der Waals surface area (Å²) in [6.07, 6.45) is -2.05. The molecule has 1 N–H and O–H groups in total. The van der Waals surface area contributed by atoms with Crippen molar-refractivity contribution in [3.8, 4) is 17.1 Å². The van der Waals surface area contributed by atoms with Crippen molar-refractivity contribution in [2.75, 3.05) is 31.5 Å². The van der Waals surface area contributed by atoms with Crippen LogP contribution in [0.2, 0.25) is 0 Å². The maximum atomic E-state index is 14.6. The number of likely N-dealkylation sites (tertiary alicyclic amines) is 1. The molecule has 6 rings (SSSR count). The molecule has 4 bridgehead atoms. The van der Waals surface area contributed by atoms with E-state index >= 15 is 0 Å². The van der Waals surface area contributed by atoms with Gasteiger partial charge in [-0.25, -0.2) is 22.9 Å². The molecule has 3 aromatic rings. The summed E-state index contributed by atoms with van der Waals surface area (Å²) in [6.45, 7) is 9.11. The molecule has 1 aromatic heterocycles. The molecular weight excluding hydrogens is 669 g/mol. The number of nitrogens with zero attached hydrogens (tertiary/aromatic N) is 3. The van der Waals surface area contributed by atoms with E-state index in [0.717, 1.165) is 42.4 Å². The Kier molecular flexibility index (Phi) is 9.37. The molecule has 1 unspecified atom stereocenters. The van der Waals surface area contributed by atoms with Crippen LogP contribution in [0.1, 0.15) is 74.1 Å². The molecule has 270 valence electrons. The van der Waals surface area contributed by atoms with Crippen molar-refractivity contribution >= 4 is 22.1 Å². The SMILES string of the molecule is COC(=O)N1CCC2(CC1)CC(C1c3cccc(c3)S(=O)(=O)Nc3nc(c(C)c(-c4c(C)cccc4C)n3)OC[C@H]1CC(C)(C)C(F)(F)F)C2. The minimum absolute atomic E-state index is 0.0184. The minimum Gasteiger partial charge on any atom is -0.477 e. The highest BCUT2D eigenvalue weighted by atomic mass is 32.2. The van der Waals surface area contributed by atoms with Crippen LogP contribution >= 0.6 is 0 Å². The van der Waals surface area contributed by atoms with E-state index in [1.807, 2.05) is 38.1 Å². The number of hydrogen-bond donors (Lipinski definition) is 1. The van der Waals surface area contributed by atoms with Gasteiger partial charge in [-0.1, -0.05) is 44.2 Å². The van der Waals surface area contributed by atoms with Crippen LogP contribution in [0.25, 0.3) is 11.3 Å². The average molecular weight is 715 g/mol. The molecule has 13 heteroatoms. The van der Waals surface area contributed by atoms with Gasteiger partial charge < -0.3 is 14.4 Å². The highest BCUT2D eigenvalue weighted by Gasteiger charge is 2.54. The molecule has 1 saturated carbocycles. The fourth-order valence-electron chi connectivity index (χ4n) is 8.37. The highest BCUT2D eigenvalue weighted by molar-refractivity contribution is 7.92. The van der Waals surface area contributed by atoms with Crippen molar-refractivity contribution in [1.82, 2.24) is 14.9 Å². The number of fused-ring (bicyclic) bond motifs is 4. The maximum Gasteiger partial charge on any atom is 0.409 e. The molecule has 1 saturated heterocycles. The lowest BCUT2D eigenvalue weighted by Crippen LogP contribution is -2.51. The summed E-state index contributed by atoms with van der Waals surface area (Å²) < 4.78 is 85.3. The first-order valence-corrected chi connectivity index (χ1v) is 18.5. The topological polar surface area (TPSA) is 111 Å². The molecule has 3 heterocycles. The van der Waals surface area contributed by atoms with Gasteiger partial charge in [0.2, 0.25) is 11.8 Å². The van der Waals surface area contributed by atoms with Gasteiger partial charge in [-0.05, 0) is 98.9 Å². The summed E-state index contributed by atoms with van der Waals surface area (Å²) in [5.74, 6) is -1.17. The predicted octanol–water partition coefficient (Wildman–Crippen LogP) is 8.20. The Labute approximate surface area is 292 Å². The number of rotatable bonds is 4. The van der Waals surface area contributed by atoms with Crippen LogP contribution in [0.4, 0.5) is 23.9 Å². The Hall–Kier alpha value is -3.87. The Morgan fingerprint density at radius 3 is 2.30 bits per heavy atom. The number of piperidine rings is 1. The number of benzene rings is 2. The molecule has 1 amide bonds. The standard InChI is InChI=1S/C37H45F3N4O5S/c1-22-9-7-10-23(2)29(22)31-24(3)32-42-33(41-31)43-50(46,47)28-12-8-11-25(17-28)30(27(21-49-32)18-35(4,5)37(38,39)40)26-19-36(20-26)13-15-44(16-14-36)34(45)48-6/h7-12,17,26-27,30H,13-16,18-21H2,1-6H3,(H,41,42,43)/t27-,30?/m1/s1. The molecule has 0 radical (unpaired) electrons. The van der Waals surface area contributed by atoms with Crippen LogP contribution in [-0.4, -0.2) is 62.4 Å². The van der Waals surface area contributed by atoms with Gasteiger partial charge in [0.15, 0.2) is 0 Å². The number of aromatic nitrogens is 2. The first-order valence-electron chi connectivity index (χ1n) is 17.0. The predicted molar refractivity (Wildman–Crippen MR) is 183 cm³/mol. The maximum absolute atomic E-state index is 14.6. The monoisotopic (exact) mass is 714 g/mol. The first-order chi connectivity index (χ1) is 23.4. The third kappa shape index (κ3) is 6.77. The number of methoxy groups -OCH3 is 1. The number of halogens is 3. The summed E-state index contributed by atoms with van der Waals surface area (Å²) in [5.41, 5.74) is 2.24. The number of sulfonamides is 1. The van der Waals surface area contributed by atoms with Crippen molar-refractivity contribution in [2.45, 2.75) is 83.7 Å². The van der Waals surface area contributed by atoms with E-state index in [9.17, 15) is 26.4 Å². The molecule has 2 atom stereocenters. The number of aryl methyl sites for hydroxylation is 2. The number of carbonyl (C=O) groups excluding carboxylic acids is 1. The molecule has 9 nitrogen and oxygen atoms in total. The molecular formula is C37H45F3N4O5S. The smallest absolute Gasteiger partial charge is 0.409 e. The highest BCUT2D eigenvalue weighted by Crippen LogP contribution is 2.60. The normalized spacial score (nSPS) is 22.0. The van der Waals surface area contributed by atoms with Gasteiger partial charge in [0.25, 0.3) is 10.0 Å². The summed E-state index contributed by atoms with van der Waals surface area (Å²) in [5, 5.41) is 0. The Bertz CT molecular complexity index is 1860. The van der Waals surface area contributed by atoms with Crippen molar-refractivity contribution in [3.05, 3.63) is 64.7 Å². The minimum atomic E-state index is -4.48. The zero-order valence-electron chi connectivity index (χ0n) is 29.4. The number of anilines is 1. The van der Waals surface area contributed by atoms with Crippen LogP contribution in [0.3, 0.4) is 0 Å². The summed E-state index contributed by atoms with van der Waals surface area (Å²) >= 11 is 0. The zero-order chi connectivity index (χ0) is 36.2. The second kappa shape index (κ2) is 13.0. The van der Waals surface area contributed by atoms with Gasteiger partial charge in [-0.2, -0.15) is 18.2 Å². The van der Waals surface area contributed by atoms with Crippen LogP contribution < -0.4 is 9.46 Å². The average Bonchev–Trinajstić information content (AvgIpc) is 3.03. The lowest BCUT2D eigenvalue weighted by molar-refractivity contribution is -0.219. The van der Waals surface area contributed by atoms with E-state index in [4.69, 9.17) is 9.47 Å². The Balaban J connectivity index is 1.44. The molecule has 1 aliphatic carbocycles. The van der Waals surface area contributed by atoms with Crippen molar-refractivity contribution in [3.63, 3.8) is 0 Å². The van der Waals surface area contributed by atoms with E-state index in [-0.39, 0.29) is 47.2 Å². The fraction of sp³-hybridized carbons (Fsp3) is 0.541. The summed E-state index contributed by atoms with van der Waals surface area (Å²) in [7, 11) is -2.84. The van der Waals surface area contributed by atoms with E-state index in [1.165, 1.54) is 27.0 Å². The molecule has 2 aromatic carbocycles. The molecule has 2 aliphatic heterocycles. The Morgan fingerprint density at radius 2 is 1.68 bits per heavy atom. The van der Waals surface area contributed by atoms with Crippen LogP contribution in [-0.2, 0) is 14.8 Å². The van der Waals surface area contributed by atoms with Crippen LogP contribution in [0.5, 0.6) is 5.88 Å². The number of ether oxygens (including phenoxy) is 2. The van der Waals surface area contributed by atoms with E-state index < -0.39 is 33.5 Å². The van der Waals surface area contributed by atoms with Crippen LogP contribution in [0.15, 0.2) is 47.4 Å². The summed E-state index contributed by atoms with van der Waals surface area (Å²) in [6, 6.07) is 12.3. The van der Waals surface area contributed by atoms with Gasteiger partial charge in [0, 0.05) is 30.1 Å². The Morgan fingerprint density at radius 1 is 1.04 bits per heavy atom. The van der Waals surface area contributed by atoms with Gasteiger partial charge in [-0.15, -0.1) is 0 Å². The number of alkyl halides is 3. The quantitative estimate of drug-likeness (QED) is 0.290. The van der Waals surface area contributed by atoms with Crippen molar-refractivity contribution in [1.29, 1.82) is 0 Å². The van der Waals surface area contributed by atoms with Crippen LogP contribution in [0, 0.1) is 43.4 Å². The number of amides is 1. The number of hydrogen-bond acceptors (Lipinski definition) is 7. The zero-order valence-corrected chi connectivity index (χ0v) is 30.2. The van der Waals surface area contributed by atoms with Gasteiger partial charge >= 0.3 is 12.3 Å². The first kappa shape index (κ1) is 35.9.